The smallest absolute Gasteiger partial charge is 0.244 e. The summed E-state index contributed by atoms with van der Waals surface area (Å²) in [6.45, 7) is 3.99. The maximum absolute atomic E-state index is 12.6. The summed E-state index contributed by atoms with van der Waals surface area (Å²) in [5.41, 5.74) is 1.83. The van der Waals surface area contributed by atoms with E-state index in [0.717, 1.165) is 11.1 Å². The second kappa shape index (κ2) is 8.96. The summed E-state index contributed by atoms with van der Waals surface area (Å²) in [6, 6.07) is 8.43. The van der Waals surface area contributed by atoms with E-state index in [-0.39, 0.29) is 18.0 Å². The Morgan fingerprint density at radius 1 is 0.815 bits per heavy atom. The molecule has 0 unspecified atom stereocenters. The molecule has 0 aromatic heterocycles. The first-order chi connectivity index (χ1) is 12.8. The lowest BCUT2D eigenvalue weighted by Crippen LogP contribution is -2.28. The van der Waals surface area contributed by atoms with Crippen LogP contribution in [-0.2, 0) is 10.0 Å². The summed E-state index contributed by atoms with van der Waals surface area (Å²) in [4.78, 5) is 0.108. The summed E-state index contributed by atoms with van der Waals surface area (Å²) in [5.74, 6) is 2.01. The minimum Gasteiger partial charge on any atom is -0.496 e. The lowest BCUT2D eigenvalue weighted by Gasteiger charge is -2.14. The van der Waals surface area contributed by atoms with Gasteiger partial charge in [0.15, 0.2) is 0 Å². The van der Waals surface area contributed by atoms with Gasteiger partial charge in [-0.15, -0.1) is 0 Å². The van der Waals surface area contributed by atoms with E-state index in [9.17, 15) is 8.42 Å². The molecular formula is C19H25NO6S. The van der Waals surface area contributed by atoms with Crippen molar-refractivity contribution in [1.29, 1.82) is 0 Å². The van der Waals surface area contributed by atoms with E-state index in [1.165, 1.54) is 7.11 Å². The number of benzene rings is 2. The molecule has 8 heteroatoms. The van der Waals surface area contributed by atoms with Crippen LogP contribution in [0.1, 0.15) is 11.1 Å². The molecule has 7 nitrogen and oxygen atoms in total. The lowest BCUT2D eigenvalue weighted by molar-refractivity contribution is 0.315. The summed E-state index contributed by atoms with van der Waals surface area (Å²) >= 11 is 0. The molecule has 0 saturated carbocycles. The van der Waals surface area contributed by atoms with Crippen molar-refractivity contribution in [2.24, 2.45) is 0 Å². The third-order valence-electron chi connectivity index (χ3n) is 4.06. The zero-order valence-corrected chi connectivity index (χ0v) is 17.0. The number of hydrogen-bond acceptors (Lipinski definition) is 6. The fraction of sp³-hybridized carbons (Fsp3) is 0.368. The molecule has 2 aromatic carbocycles. The molecule has 0 atom stereocenters. The minimum atomic E-state index is -3.73. The van der Waals surface area contributed by atoms with E-state index in [0.29, 0.717) is 23.0 Å². The Hall–Kier alpha value is -2.45. The third kappa shape index (κ3) is 5.27. The van der Waals surface area contributed by atoms with E-state index in [1.807, 2.05) is 13.8 Å². The highest BCUT2D eigenvalue weighted by Gasteiger charge is 2.20. The lowest BCUT2D eigenvalue weighted by atomic mass is 10.1. The Balaban J connectivity index is 2.04. The predicted molar refractivity (Wildman–Crippen MR) is 103 cm³/mol. The molecule has 0 aliphatic rings. The van der Waals surface area contributed by atoms with Gasteiger partial charge in [0.25, 0.3) is 0 Å². The first kappa shape index (κ1) is 20.9. The number of hydrogen-bond donors (Lipinski definition) is 1. The predicted octanol–water partition coefficient (Wildman–Crippen LogP) is 2.69. The van der Waals surface area contributed by atoms with Crippen LogP contribution in [0.5, 0.6) is 23.0 Å². The Morgan fingerprint density at radius 2 is 1.37 bits per heavy atom. The molecule has 0 heterocycles. The second-order valence-electron chi connectivity index (χ2n) is 5.88. The highest BCUT2D eigenvalue weighted by atomic mass is 32.2. The summed E-state index contributed by atoms with van der Waals surface area (Å²) < 4.78 is 48.9. The third-order valence-corrected chi connectivity index (χ3v) is 5.54. The van der Waals surface area contributed by atoms with Gasteiger partial charge < -0.3 is 18.9 Å². The number of methoxy groups -OCH3 is 3. The van der Waals surface area contributed by atoms with E-state index in [4.69, 9.17) is 18.9 Å². The summed E-state index contributed by atoms with van der Waals surface area (Å²) in [6.07, 6.45) is 0. The Bertz CT molecular complexity index is 873. The number of nitrogens with one attached hydrogen (secondary N) is 1. The fourth-order valence-corrected chi connectivity index (χ4v) is 3.67. The highest BCUT2D eigenvalue weighted by molar-refractivity contribution is 7.89. The topological polar surface area (TPSA) is 83.1 Å². The van der Waals surface area contributed by atoms with E-state index >= 15 is 0 Å². The van der Waals surface area contributed by atoms with Crippen LogP contribution in [0.25, 0.3) is 0 Å². The zero-order valence-electron chi connectivity index (χ0n) is 16.2. The molecule has 0 radical (unpaired) electrons. The molecule has 0 fully saturated rings. The first-order valence-corrected chi connectivity index (χ1v) is 9.79. The van der Waals surface area contributed by atoms with Gasteiger partial charge in [-0.2, -0.15) is 0 Å². The molecular weight excluding hydrogens is 370 g/mol. The maximum Gasteiger partial charge on any atom is 0.244 e. The molecule has 2 aromatic rings. The van der Waals surface area contributed by atoms with Gasteiger partial charge >= 0.3 is 0 Å². The van der Waals surface area contributed by atoms with Gasteiger partial charge in [-0.05, 0) is 37.1 Å². The van der Waals surface area contributed by atoms with Crippen LogP contribution < -0.4 is 23.7 Å². The summed E-state index contributed by atoms with van der Waals surface area (Å²) in [5, 5.41) is 0. The number of sulfonamides is 1. The first-order valence-electron chi connectivity index (χ1n) is 8.31. The maximum atomic E-state index is 12.6. The molecule has 0 amide bonds. The fourth-order valence-electron chi connectivity index (χ4n) is 2.42. The van der Waals surface area contributed by atoms with Crippen molar-refractivity contribution >= 4 is 10.0 Å². The van der Waals surface area contributed by atoms with Crippen LogP contribution in [-0.4, -0.2) is 42.9 Å². The van der Waals surface area contributed by atoms with Gasteiger partial charge in [0, 0.05) is 24.7 Å². The normalized spacial score (nSPS) is 11.1. The van der Waals surface area contributed by atoms with Gasteiger partial charge in [-0.1, -0.05) is 0 Å². The standard InChI is InChI=1S/C19H25NO6S/c1-13-8-18(25-5)19(9-14(13)2)27(21,22)20-6-7-26-17-11-15(23-3)10-16(12-17)24-4/h8-12,20H,6-7H2,1-5H3. The average Bonchev–Trinajstić information content (AvgIpc) is 2.66. The quantitative estimate of drug-likeness (QED) is 0.658. The number of ether oxygens (including phenoxy) is 4. The van der Waals surface area contributed by atoms with Gasteiger partial charge in [0.1, 0.15) is 34.5 Å². The Labute approximate surface area is 160 Å². The van der Waals surface area contributed by atoms with Crippen LogP contribution >= 0.6 is 0 Å². The van der Waals surface area contributed by atoms with E-state index in [2.05, 4.69) is 4.72 Å². The van der Waals surface area contributed by atoms with Crippen LogP contribution in [0.2, 0.25) is 0 Å². The Kier molecular flexibility index (Phi) is 6.92. The SMILES string of the molecule is COc1cc(OC)cc(OCCNS(=O)(=O)c2cc(C)c(C)cc2OC)c1. The van der Waals surface area contributed by atoms with E-state index < -0.39 is 10.0 Å². The van der Waals surface area contributed by atoms with Crippen molar-refractivity contribution in [1.82, 2.24) is 4.72 Å². The molecule has 0 saturated heterocycles. The van der Waals surface area contributed by atoms with E-state index in [1.54, 1.807) is 44.6 Å². The summed E-state index contributed by atoms with van der Waals surface area (Å²) in [7, 11) is 0.811. The molecule has 2 rings (SSSR count). The molecule has 27 heavy (non-hydrogen) atoms. The largest absolute Gasteiger partial charge is 0.496 e. The minimum absolute atomic E-state index is 0.0952. The second-order valence-corrected chi connectivity index (χ2v) is 7.62. The van der Waals surface area contributed by atoms with Crippen molar-refractivity contribution in [3.8, 4) is 23.0 Å². The molecule has 0 bridgehead atoms. The van der Waals surface area contributed by atoms with Crippen molar-refractivity contribution in [2.45, 2.75) is 18.7 Å². The van der Waals surface area contributed by atoms with Crippen LogP contribution in [0.3, 0.4) is 0 Å². The van der Waals surface area contributed by atoms with Gasteiger partial charge in [0.05, 0.1) is 21.3 Å². The Morgan fingerprint density at radius 3 is 1.93 bits per heavy atom. The molecule has 0 aliphatic carbocycles. The monoisotopic (exact) mass is 395 g/mol. The van der Waals surface area contributed by atoms with Crippen molar-refractivity contribution in [3.05, 3.63) is 41.5 Å². The van der Waals surface area contributed by atoms with Crippen LogP contribution in [0, 0.1) is 13.8 Å². The molecule has 148 valence electrons. The molecule has 0 spiro atoms. The van der Waals surface area contributed by atoms with Crippen LogP contribution in [0.15, 0.2) is 35.2 Å². The highest BCUT2D eigenvalue weighted by Crippen LogP contribution is 2.28. The van der Waals surface area contributed by atoms with Crippen molar-refractivity contribution in [2.75, 3.05) is 34.5 Å². The van der Waals surface area contributed by atoms with Gasteiger partial charge in [-0.3, -0.25) is 0 Å². The van der Waals surface area contributed by atoms with Gasteiger partial charge in [0.2, 0.25) is 10.0 Å². The average molecular weight is 395 g/mol. The van der Waals surface area contributed by atoms with Gasteiger partial charge in [-0.25, -0.2) is 13.1 Å². The number of aryl methyl sites for hydroxylation is 2. The van der Waals surface area contributed by atoms with Crippen LogP contribution in [0.4, 0.5) is 0 Å². The van der Waals surface area contributed by atoms with Crippen molar-refractivity contribution < 1.29 is 27.4 Å². The van der Waals surface area contributed by atoms with Crippen molar-refractivity contribution in [3.63, 3.8) is 0 Å². The molecule has 0 aliphatic heterocycles. The zero-order chi connectivity index (χ0) is 20.0. The molecule has 1 N–H and O–H groups in total. The number of rotatable bonds is 9.